The van der Waals surface area contributed by atoms with E-state index in [1.54, 1.807) is 0 Å². The molecule has 0 aromatic carbocycles. The molecule has 0 aromatic rings. The lowest BCUT2D eigenvalue weighted by molar-refractivity contribution is -0.148. The van der Waals surface area contributed by atoms with Crippen LogP contribution in [0, 0.1) is 5.92 Å². The van der Waals surface area contributed by atoms with Crippen molar-refractivity contribution in [3.63, 3.8) is 0 Å². The van der Waals surface area contributed by atoms with E-state index in [4.69, 9.17) is 10.5 Å². The molecular weight excluding hydrogens is 240 g/mol. The molecule has 0 aliphatic carbocycles. The van der Waals surface area contributed by atoms with Crippen molar-refractivity contribution < 1.29 is 9.53 Å². The first-order valence-electron chi connectivity index (χ1n) is 6.34. The van der Waals surface area contributed by atoms with Crippen molar-refractivity contribution in [2.75, 3.05) is 19.7 Å². The molecule has 2 heterocycles. The van der Waals surface area contributed by atoms with Gasteiger partial charge in [0, 0.05) is 25.7 Å². The van der Waals surface area contributed by atoms with Gasteiger partial charge in [0.05, 0.1) is 0 Å². The number of carbonyl (C=O) groups is 1. The van der Waals surface area contributed by atoms with Crippen LogP contribution in [-0.4, -0.2) is 42.6 Å². The quantitative estimate of drug-likeness (QED) is 0.772. The topological polar surface area (TPSA) is 55.6 Å². The standard InChI is InChI=1S/C12H22N2O2.ClH/c1-9-8-14(6-5-10(9)13)12(15)11-4-2-3-7-16-11;/h9-11H,2-8,13H2,1H3;1H. The molecule has 3 unspecified atom stereocenters. The van der Waals surface area contributed by atoms with Gasteiger partial charge in [0.15, 0.2) is 0 Å². The van der Waals surface area contributed by atoms with Crippen LogP contribution in [0.4, 0.5) is 0 Å². The molecule has 0 radical (unpaired) electrons. The Morgan fingerprint density at radius 2 is 2.12 bits per heavy atom. The highest BCUT2D eigenvalue weighted by Crippen LogP contribution is 2.20. The Morgan fingerprint density at radius 3 is 2.71 bits per heavy atom. The van der Waals surface area contributed by atoms with Crippen LogP contribution in [0.5, 0.6) is 0 Å². The summed E-state index contributed by atoms with van der Waals surface area (Å²) in [4.78, 5) is 14.1. The van der Waals surface area contributed by atoms with Crippen molar-refractivity contribution in [2.24, 2.45) is 11.7 Å². The number of hydrogen-bond acceptors (Lipinski definition) is 3. The van der Waals surface area contributed by atoms with E-state index in [2.05, 4.69) is 6.92 Å². The van der Waals surface area contributed by atoms with Gasteiger partial charge in [-0.05, 0) is 31.6 Å². The van der Waals surface area contributed by atoms with E-state index in [0.717, 1.165) is 45.4 Å². The maximum absolute atomic E-state index is 12.2. The molecule has 2 aliphatic rings. The van der Waals surface area contributed by atoms with Crippen LogP contribution >= 0.6 is 12.4 Å². The average Bonchev–Trinajstić information content (AvgIpc) is 2.33. The van der Waals surface area contributed by atoms with Crippen molar-refractivity contribution in [1.29, 1.82) is 0 Å². The van der Waals surface area contributed by atoms with Crippen LogP contribution in [0.3, 0.4) is 0 Å². The molecule has 2 rings (SSSR count). The summed E-state index contributed by atoms with van der Waals surface area (Å²) < 4.78 is 5.53. The molecule has 4 nitrogen and oxygen atoms in total. The van der Waals surface area contributed by atoms with E-state index in [0.29, 0.717) is 5.92 Å². The third-order valence-electron chi connectivity index (χ3n) is 3.74. The minimum atomic E-state index is -0.185. The van der Waals surface area contributed by atoms with Gasteiger partial charge in [-0.25, -0.2) is 0 Å². The summed E-state index contributed by atoms with van der Waals surface area (Å²) in [7, 11) is 0. The number of nitrogens with zero attached hydrogens (tertiary/aromatic N) is 1. The molecule has 2 fully saturated rings. The Hall–Kier alpha value is -0.320. The van der Waals surface area contributed by atoms with Crippen molar-refractivity contribution in [3.8, 4) is 0 Å². The molecule has 5 heteroatoms. The van der Waals surface area contributed by atoms with Crippen molar-refractivity contribution >= 4 is 18.3 Å². The highest BCUT2D eigenvalue weighted by Gasteiger charge is 2.31. The number of likely N-dealkylation sites (tertiary alicyclic amines) is 1. The lowest BCUT2D eigenvalue weighted by Crippen LogP contribution is -2.51. The van der Waals surface area contributed by atoms with Crippen molar-refractivity contribution in [3.05, 3.63) is 0 Å². The van der Waals surface area contributed by atoms with E-state index in [9.17, 15) is 4.79 Å². The number of halogens is 1. The van der Waals surface area contributed by atoms with Gasteiger partial charge in [-0.2, -0.15) is 0 Å². The fourth-order valence-corrected chi connectivity index (χ4v) is 2.50. The number of nitrogens with two attached hydrogens (primary N) is 1. The second-order valence-corrected chi connectivity index (χ2v) is 5.07. The van der Waals surface area contributed by atoms with Gasteiger partial charge in [0.1, 0.15) is 6.10 Å². The van der Waals surface area contributed by atoms with E-state index in [1.807, 2.05) is 4.90 Å². The predicted molar refractivity (Wildman–Crippen MR) is 69.2 cm³/mol. The molecular formula is C12H23ClN2O2. The van der Waals surface area contributed by atoms with E-state index >= 15 is 0 Å². The fraction of sp³-hybridized carbons (Fsp3) is 0.917. The largest absolute Gasteiger partial charge is 0.368 e. The van der Waals surface area contributed by atoms with E-state index in [1.165, 1.54) is 0 Å². The minimum Gasteiger partial charge on any atom is -0.368 e. The maximum atomic E-state index is 12.2. The summed E-state index contributed by atoms with van der Waals surface area (Å²) >= 11 is 0. The molecule has 2 N–H and O–H groups in total. The Morgan fingerprint density at radius 1 is 1.35 bits per heavy atom. The summed E-state index contributed by atoms with van der Waals surface area (Å²) in [6.07, 6.45) is 3.81. The number of piperidine rings is 1. The van der Waals surface area contributed by atoms with Gasteiger partial charge in [0.2, 0.25) is 0 Å². The summed E-state index contributed by atoms with van der Waals surface area (Å²) in [6.45, 7) is 4.44. The van der Waals surface area contributed by atoms with Crippen LogP contribution in [0.25, 0.3) is 0 Å². The second-order valence-electron chi connectivity index (χ2n) is 5.07. The number of ether oxygens (including phenoxy) is 1. The monoisotopic (exact) mass is 262 g/mol. The Labute approximate surface area is 109 Å². The summed E-state index contributed by atoms with van der Waals surface area (Å²) in [5.41, 5.74) is 5.95. The van der Waals surface area contributed by atoms with E-state index < -0.39 is 0 Å². The highest BCUT2D eigenvalue weighted by atomic mass is 35.5. The predicted octanol–water partition coefficient (Wildman–Crippen LogP) is 1.17. The summed E-state index contributed by atoms with van der Waals surface area (Å²) in [6, 6.07) is 0.247. The third kappa shape index (κ3) is 3.57. The second kappa shape index (κ2) is 6.57. The van der Waals surface area contributed by atoms with Gasteiger partial charge < -0.3 is 15.4 Å². The molecule has 0 aromatic heterocycles. The number of rotatable bonds is 1. The minimum absolute atomic E-state index is 0. The zero-order valence-electron chi connectivity index (χ0n) is 10.4. The SMILES string of the molecule is CC1CN(C(=O)C2CCCCO2)CCC1N.Cl. The fourth-order valence-electron chi connectivity index (χ4n) is 2.50. The number of carbonyl (C=O) groups excluding carboxylic acids is 1. The normalized spacial score (nSPS) is 34.0. The van der Waals surface area contributed by atoms with Gasteiger partial charge in [0.25, 0.3) is 5.91 Å². The van der Waals surface area contributed by atoms with Gasteiger partial charge in [-0.3, -0.25) is 4.79 Å². The Kier molecular flexibility index (Phi) is 5.70. The molecule has 100 valence electrons. The number of amides is 1. The Bertz CT molecular complexity index is 257. The molecule has 17 heavy (non-hydrogen) atoms. The maximum Gasteiger partial charge on any atom is 0.251 e. The molecule has 1 amide bonds. The molecule has 2 aliphatic heterocycles. The van der Waals surface area contributed by atoms with Crippen molar-refractivity contribution in [1.82, 2.24) is 4.90 Å². The smallest absolute Gasteiger partial charge is 0.251 e. The van der Waals surface area contributed by atoms with E-state index in [-0.39, 0.29) is 30.5 Å². The molecule has 0 saturated carbocycles. The average molecular weight is 263 g/mol. The van der Waals surface area contributed by atoms with Crippen molar-refractivity contribution in [2.45, 2.75) is 44.8 Å². The molecule has 0 bridgehead atoms. The summed E-state index contributed by atoms with van der Waals surface area (Å²) in [5, 5.41) is 0. The van der Waals surface area contributed by atoms with Gasteiger partial charge >= 0.3 is 0 Å². The zero-order chi connectivity index (χ0) is 11.5. The van der Waals surface area contributed by atoms with Crippen LogP contribution in [0.2, 0.25) is 0 Å². The Balaban J connectivity index is 0.00000144. The third-order valence-corrected chi connectivity index (χ3v) is 3.74. The van der Waals surface area contributed by atoms with Gasteiger partial charge in [-0.1, -0.05) is 6.92 Å². The first-order chi connectivity index (χ1) is 7.68. The lowest BCUT2D eigenvalue weighted by atomic mass is 9.94. The van der Waals surface area contributed by atoms with Crippen LogP contribution in [-0.2, 0) is 9.53 Å². The number of hydrogen-bond donors (Lipinski definition) is 1. The van der Waals surface area contributed by atoms with Gasteiger partial charge in [-0.15, -0.1) is 12.4 Å². The first-order valence-corrected chi connectivity index (χ1v) is 6.34. The lowest BCUT2D eigenvalue weighted by Gasteiger charge is -2.37. The first kappa shape index (κ1) is 14.7. The summed E-state index contributed by atoms with van der Waals surface area (Å²) in [5.74, 6) is 0.583. The molecule has 3 atom stereocenters. The highest BCUT2D eigenvalue weighted by molar-refractivity contribution is 5.85. The molecule has 2 saturated heterocycles. The van der Waals surface area contributed by atoms with Crippen LogP contribution < -0.4 is 5.73 Å². The van der Waals surface area contributed by atoms with Crippen LogP contribution in [0.15, 0.2) is 0 Å². The van der Waals surface area contributed by atoms with Crippen LogP contribution in [0.1, 0.15) is 32.6 Å². The zero-order valence-corrected chi connectivity index (χ0v) is 11.2. The molecule has 0 spiro atoms.